The van der Waals surface area contributed by atoms with Gasteiger partial charge >= 0.3 is 11.9 Å². The maximum Gasteiger partial charge on any atom is 0.450 e. The number of benzene rings is 2. The number of carbonyl (C=O) groups is 3. The van der Waals surface area contributed by atoms with E-state index in [-0.39, 0.29) is 18.7 Å². The lowest BCUT2D eigenvalue weighted by molar-refractivity contribution is -0.167. The number of oxazole rings is 1. The van der Waals surface area contributed by atoms with Crippen molar-refractivity contribution < 1.29 is 32.0 Å². The van der Waals surface area contributed by atoms with E-state index in [0.29, 0.717) is 23.2 Å². The third-order valence-corrected chi connectivity index (χ3v) is 7.87. The number of thiazole rings is 1. The van der Waals surface area contributed by atoms with Crippen molar-refractivity contribution in [1.82, 2.24) is 20.2 Å². The number of hydrogen-bond donors (Lipinski definition) is 2. The molecule has 0 aliphatic heterocycles. The fraction of sp³-hybridized carbons (Fsp3) is 0.296. The SMILES string of the molecule is O=C(Cn1c(=O)oc2ccccc21)NC(=O)[C@H](CCCSCC(=O)C(F)(F)F)NCc1csc(-c2ccccc2)n1. The number of ketones is 1. The van der Waals surface area contributed by atoms with Gasteiger partial charge in [0.1, 0.15) is 11.6 Å². The Kier molecular flexibility index (Phi) is 10.1. The first-order chi connectivity index (χ1) is 19.6. The van der Waals surface area contributed by atoms with Crippen LogP contribution < -0.4 is 16.4 Å². The van der Waals surface area contributed by atoms with Crippen LogP contribution in [0.1, 0.15) is 18.5 Å². The van der Waals surface area contributed by atoms with Crippen LogP contribution in [-0.4, -0.2) is 50.9 Å². The molecule has 0 unspecified atom stereocenters. The van der Waals surface area contributed by atoms with Gasteiger partial charge in [-0.25, -0.2) is 9.78 Å². The van der Waals surface area contributed by atoms with Gasteiger partial charge in [0.15, 0.2) is 5.58 Å². The Morgan fingerprint density at radius 3 is 2.56 bits per heavy atom. The molecule has 0 saturated heterocycles. The molecule has 2 aromatic heterocycles. The van der Waals surface area contributed by atoms with E-state index >= 15 is 0 Å². The number of halogens is 3. The minimum absolute atomic E-state index is 0.177. The molecule has 14 heteroatoms. The van der Waals surface area contributed by atoms with Gasteiger partial charge in [0.2, 0.25) is 17.6 Å². The van der Waals surface area contributed by atoms with Gasteiger partial charge in [-0.15, -0.1) is 11.3 Å². The van der Waals surface area contributed by atoms with E-state index in [4.69, 9.17) is 4.42 Å². The van der Waals surface area contributed by atoms with Crippen LogP contribution in [0, 0.1) is 0 Å². The number of thioether (sulfide) groups is 1. The molecular weight excluding hydrogens is 581 g/mol. The maximum atomic E-state index is 13.0. The number of carbonyl (C=O) groups excluding carboxylic acids is 3. The molecule has 4 rings (SSSR count). The summed E-state index contributed by atoms with van der Waals surface area (Å²) < 4.78 is 43.5. The number of nitrogens with zero attached hydrogens (tertiary/aromatic N) is 2. The Hall–Kier alpha value is -3.75. The second-order valence-electron chi connectivity index (χ2n) is 8.89. The Bertz CT molecular complexity index is 1570. The molecule has 2 heterocycles. The van der Waals surface area contributed by atoms with Gasteiger partial charge in [-0.2, -0.15) is 24.9 Å². The van der Waals surface area contributed by atoms with E-state index in [2.05, 4.69) is 15.6 Å². The summed E-state index contributed by atoms with van der Waals surface area (Å²) in [5, 5.41) is 7.99. The van der Waals surface area contributed by atoms with Gasteiger partial charge in [-0.3, -0.25) is 24.3 Å². The van der Waals surface area contributed by atoms with Crippen LogP contribution in [-0.2, 0) is 27.5 Å². The zero-order valence-corrected chi connectivity index (χ0v) is 23.1. The molecule has 2 N–H and O–H groups in total. The van der Waals surface area contributed by atoms with Crippen LogP contribution in [0.5, 0.6) is 0 Å². The second kappa shape index (κ2) is 13.7. The molecule has 0 aliphatic rings. The quantitative estimate of drug-likeness (QED) is 0.218. The fourth-order valence-corrected chi connectivity index (χ4v) is 5.55. The summed E-state index contributed by atoms with van der Waals surface area (Å²) in [6.45, 7) is -0.253. The first kappa shape index (κ1) is 30.2. The van der Waals surface area contributed by atoms with E-state index in [1.54, 1.807) is 24.3 Å². The number of amides is 2. The van der Waals surface area contributed by atoms with Crippen LogP contribution in [0.2, 0.25) is 0 Å². The highest BCUT2D eigenvalue weighted by molar-refractivity contribution is 7.99. The molecule has 0 spiro atoms. The lowest BCUT2D eigenvalue weighted by Crippen LogP contribution is -2.47. The molecule has 216 valence electrons. The van der Waals surface area contributed by atoms with Crippen LogP contribution in [0.4, 0.5) is 13.2 Å². The highest BCUT2D eigenvalue weighted by Gasteiger charge is 2.37. The number of alkyl halides is 3. The molecule has 2 amide bonds. The van der Waals surface area contributed by atoms with E-state index in [1.165, 1.54) is 11.3 Å². The van der Waals surface area contributed by atoms with Gasteiger partial charge < -0.3 is 9.73 Å². The number of para-hydroxylation sites is 2. The summed E-state index contributed by atoms with van der Waals surface area (Å²) in [6.07, 6.45) is -4.41. The van der Waals surface area contributed by atoms with Crippen molar-refractivity contribution >= 4 is 51.8 Å². The number of Topliss-reactive ketones (excluding diaryl/α,β-unsaturated/α-hetero) is 1. The van der Waals surface area contributed by atoms with Gasteiger partial charge in [0.05, 0.1) is 23.0 Å². The second-order valence-corrected chi connectivity index (χ2v) is 10.9. The van der Waals surface area contributed by atoms with Gasteiger partial charge in [-0.1, -0.05) is 42.5 Å². The summed E-state index contributed by atoms with van der Waals surface area (Å²) in [5.41, 5.74) is 2.31. The van der Waals surface area contributed by atoms with Crippen molar-refractivity contribution in [1.29, 1.82) is 0 Å². The third kappa shape index (κ3) is 8.38. The zero-order valence-electron chi connectivity index (χ0n) is 21.5. The number of fused-ring (bicyclic) bond motifs is 1. The molecule has 9 nitrogen and oxygen atoms in total. The van der Waals surface area contributed by atoms with Crippen molar-refractivity contribution in [2.75, 3.05) is 11.5 Å². The van der Waals surface area contributed by atoms with E-state index in [1.807, 2.05) is 35.7 Å². The summed E-state index contributed by atoms with van der Waals surface area (Å²) in [4.78, 5) is 53.6. The van der Waals surface area contributed by atoms with Crippen LogP contribution in [0.15, 0.2) is 69.2 Å². The van der Waals surface area contributed by atoms with Crippen LogP contribution in [0.25, 0.3) is 21.7 Å². The van der Waals surface area contributed by atoms with Crippen LogP contribution in [0.3, 0.4) is 0 Å². The Balaban J connectivity index is 1.37. The smallest absolute Gasteiger partial charge is 0.408 e. The number of rotatable bonds is 13. The van der Waals surface area contributed by atoms with Gasteiger partial charge in [0, 0.05) is 17.5 Å². The third-order valence-electron chi connectivity index (χ3n) is 5.89. The van der Waals surface area contributed by atoms with Crippen molar-refractivity contribution in [3.8, 4) is 10.6 Å². The largest absolute Gasteiger partial charge is 0.450 e. The first-order valence-electron chi connectivity index (χ1n) is 12.4. The number of imide groups is 1. The van der Waals surface area contributed by atoms with Crippen molar-refractivity contribution in [2.24, 2.45) is 0 Å². The standard InChI is InChI=1S/C27H25F3N4O5S2/c28-27(29,30)22(35)16-40-12-6-9-19(31-13-18-15-41-25(32-18)17-7-2-1-3-8-17)24(37)33-23(36)14-34-20-10-4-5-11-21(20)39-26(34)38/h1-5,7-8,10-11,15,19,31H,6,9,12-14,16H2,(H,33,36,37)/t19-/m0/s1. The van der Waals surface area contributed by atoms with E-state index in [9.17, 15) is 32.3 Å². The topological polar surface area (TPSA) is 123 Å². The monoisotopic (exact) mass is 606 g/mol. The van der Waals surface area contributed by atoms with Crippen molar-refractivity contribution in [3.05, 3.63) is 76.2 Å². The molecule has 2 aromatic carbocycles. The summed E-state index contributed by atoms with van der Waals surface area (Å²) in [7, 11) is 0. The van der Waals surface area contributed by atoms with Crippen molar-refractivity contribution in [3.63, 3.8) is 0 Å². The predicted octanol–water partition coefficient (Wildman–Crippen LogP) is 4.16. The number of nitrogens with one attached hydrogen (secondary N) is 2. The zero-order chi connectivity index (χ0) is 29.4. The minimum atomic E-state index is -4.88. The summed E-state index contributed by atoms with van der Waals surface area (Å²) >= 11 is 2.25. The Labute approximate surface area is 240 Å². The average Bonchev–Trinajstić information content (AvgIpc) is 3.54. The Morgan fingerprint density at radius 1 is 1.07 bits per heavy atom. The highest BCUT2D eigenvalue weighted by Crippen LogP contribution is 2.23. The van der Waals surface area contributed by atoms with E-state index in [0.717, 1.165) is 26.9 Å². The lowest BCUT2D eigenvalue weighted by Gasteiger charge is -2.17. The molecule has 0 aliphatic carbocycles. The molecule has 0 radical (unpaired) electrons. The Morgan fingerprint density at radius 2 is 1.80 bits per heavy atom. The number of hydrogen-bond acceptors (Lipinski definition) is 9. The molecular formula is C27H25F3N4O5S2. The minimum Gasteiger partial charge on any atom is -0.408 e. The van der Waals surface area contributed by atoms with Crippen molar-refractivity contribution in [2.45, 2.75) is 38.1 Å². The predicted molar refractivity (Wildman–Crippen MR) is 149 cm³/mol. The highest BCUT2D eigenvalue weighted by atomic mass is 32.2. The summed E-state index contributed by atoms with van der Waals surface area (Å²) in [6, 6.07) is 15.2. The number of aromatic nitrogens is 2. The molecule has 4 aromatic rings. The lowest BCUT2D eigenvalue weighted by atomic mass is 10.1. The van der Waals surface area contributed by atoms with Crippen LogP contribution >= 0.6 is 23.1 Å². The normalized spacial score (nSPS) is 12.4. The van der Waals surface area contributed by atoms with Gasteiger partial charge in [-0.05, 0) is 30.7 Å². The van der Waals surface area contributed by atoms with E-state index < -0.39 is 47.9 Å². The molecule has 1 atom stereocenters. The first-order valence-corrected chi connectivity index (χ1v) is 14.5. The van der Waals surface area contributed by atoms with Gasteiger partial charge in [0.25, 0.3) is 0 Å². The maximum absolute atomic E-state index is 13.0. The molecule has 0 fully saturated rings. The molecule has 0 saturated carbocycles. The fourth-order valence-electron chi connectivity index (χ4n) is 3.86. The molecule has 41 heavy (non-hydrogen) atoms. The summed E-state index contributed by atoms with van der Waals surface area (Å²) in [5.74, 6) is -4.47. The average molecular weight is 607 g/mol. The molecule has 0 bridgehead atoms.